The van der Waals surface area contributed by atoms with Crippen LogP contribution in [0.25, 0.3) is 0 Å². The summed E-state index contributed by atoms with van der Waals surface area (Å²) in [5.41, 5.74) is 0. The van der Waals surface area contributed by atoms with Gasteiger partial charge in [0.05, 0.1) is 18.9 Å². The van der Waals surface area contributed by atoms with Crippen LogP contribution in [0.15, 0.2) is 0 Å². The van der Waals surface area contributed by atoms with Crippen LogP contribution < -0.4 is 5.32 Å². The number of rotatable bonds is 5. The SMILES string of the molecule is CCOC(=O)C1CCCN(C(=O)NCCC(=O)O)C1. The van der Waals surface area contributed by atoms with Gasteiger partial charge in [-0.3, -0.25) is 9.59 Å². The van der Waals surface area contributed by atoms with Crippen molar-refractivity contribution in [2.24, 2.45) is 5.92 Å². The van der Waals surface area contributed by atoms with Gasteiger partial charge in [-0.2, -0.15) is 0 Å². The van der Waals surface area contributed by atoms with Gasteiger partial charge in [0.2, 0.25) is 0 Å². The molecule has 1 atom stereocenters. The van der Waals surface area contributed by atoms with Gasteiger partial charge in [-0.15, -0.1) is 0 Å². The second kappa shape index (κ2) is 7.60. The molecule has 108 valence electrons. The Morgan fingerprint density at radius 1 is 1.42 bits per heavy atom. The third-order valence-electron chi connectivity index (χ3n) is 2.94. The molecular weight excluding hydrogens is 252 g/mol. The highest BCUT2D eigenvalue weighted by molar-refractivity contribution is 5.77. The van der Waals surface area contributed by atoms with Gasteiger partial charge in [-0.25, -0.2) is 4.79 Å². The van der Waals surface area contributed by atoms with E-state index in [1.807, 2.05) is 0 Å². The molecule has 1 saturated heterocycles. The number of amides is 2. The zero-order valence-corrected chi connectivity index (χ0v) is 11.1. The van der Waals surface area contributed by atoms with E-state index in [2.05, 4.69) is 5.32 Å². The Labute approximate surface area is 111 Å². The van der Waals surface area contributed by atoms with Gasteiger partial charge in [0, 0.05) is 19.6 Å². The van der Waals surface area contributed by atoms with Crippen molar-refractivity contribution >= 4 is 18.0 Å². The molecule has 2 amide bonds. The number of carbonyl (C=O) groups excluding carboxylic acids is 2. The molecule has 0 bridgehead atoms. The van der Waals surface area contributed by atoms with Gasteiger partial charge in [-0.1, -0.05) is 0 Å². The van der Waals surface area contributed by atoms with Crippen molar-refractivity contribution in [3.05, 3.63) is 0 Å². The fraction of sp³-hybridized carbons (Fsp3) is 0.750. The molecule has 0 radical (unpaired) electrons. The normalized spacial score (nSPS) is 18.8. The van der Waals surface area contributed by atoms with E-state index in [4.69, 9.17) is 9.84 Å². The number of esters is 1. The Bertz CT molecular complexity index is 345. The number of hydrogen-bond acceptors (Lipinski definition) is 4. The number of carbonyl (C=O) groups is 3. The lowest BCUT2D eigenvalue weighted by molar-refractivity contribution is -0.149. The molecule has 19 heavy (non-hydrogen) atoms. The average Bonchev–Trinajstić information content (AvgIpc) is 2.38. The molecule has 0 saturated carbocycles. The number of carboxylic acids is 1. The summed E-state index contributed by atoms with van der Waals surface area (Å²) in [6.07, 6.45) is 1.36. The quantitative estimate of drug-likeness (QED) is 0.708. The highest BCUT2D eigenvalue weighted by Gasteiger charge is 2.29. The van der Waals surface area contributed by atoms with Gasteiger partial charge in [0.15, 0.2) is 0 Å². The Morgan fingerprint density at radius 3 is 2.79 bits per heavy atom. The van der Waals surface area contributed by atoms with Gasteiger partial charge in [0.1, 0.15) is 0 Å². The maximum absolute atomic E-state index is 11.8. The number of carboxylic acid groups (broad SMARTS) is 1. The van der Waals surface area contributed by atoms with E-state index >= 15 is 0 Å². The molecule has 1 fully saturated rings. The first kappa shape index (κ1) is 15.3. The van der Waals surface area contributed by atoms with Crippen LogP contribution in [-0.4, -0.2) is 54.2 Å². The molecule has 0 aromatic heterocycles. The predicted octanol–water partition coefficient (Wildman–Crippen LogP) is 0.446. The standard InChI is InChI=1S/C12H20N2O5/c1-2-19-11(17)9-4-3-7-14(8-9)12(18)13-6-5-10(15)16/h9H,2-8H2,1H3,(H,13,18)(H,15,16). The average molecular weight is 272 g/mol. The summed E-state index contributed by atoms with van der Waals surface area (Å²) in [5, 5.41) is 11.0. The van der Waals surface area contributed by atoms with E-state index < -0.39 is 5.97 Å². The zero-order chi connectivity index (χ0) is 14.3. The van der Waals surface area contributed by atoms with E-state index in [1.54, 1.807) is 6.92 Å². The van der Waals surface area contributed by atoms with Crippen molar-refractivity contribution in [1.82, 2.24) is 10.2 Å². The van der Waals surface area contributed by atoms with Crippen LogP contribution in [-0.2, 0) is 14.3 Å². The predicted molar refractivity (Wildman–Crippen MR) is 66.6 cm³/mol. The minimum atomic E-state index is -0.955. The van der Waals surface area contributed by atoms with Crippen LogP contribution in [0.3, 0.4) is 0 Å². The largest absolute Gasteiger partial charge is 0.481 e. The number of likely N-dealkylation sites (tertiary alicyclic amines) is 1. The van der Waals surface area contributed by atoms with Crippen LogP contribution in [0.5, 0.6) is 0 Å². The lowest BCUT2D eigenvalue weighted by Gasteiger charge is -2.31. The van der Waals surface area contributed by atoms with Gasteiger partial charge < -0.3 is 20.1 Å². The Morgan fingerprint density at radius 2 is 2.16 bits per heavy atom. The molecule has 1 rings (SSSR count). The third-order valence-corrected chi connectivity index (χ3v) is 2.94. The van der Waals surface area contributed by atoms with Crippen molar-refractivity contribution < 1.29 is 24.2 Å². The molecule has 7 nitrogen and oxygen atoms in total. The van der Waals surface area contributed by atoms with Crippen LogP contribution in [0.2, 0.25) is 0 Å². The fourth-order valence-electron chi connectivity index (χ4n) is 2.00. The number of ether oxygens (including phenoxy) is 1. The smallest absolute Gasteiger partial charge is 0.317 e. The molecular formula is C12H20N2O5. The second-order valence-electron chi connectivity index (χ2n) is 4.41. The summed E-state index contributed by atoms with van der Waals surface area (Å²) >= 11 is 0. The molecule has 0 spiro atoms. The number of urea groups is 1. The first-order valence-electron chi connectivity index (χ1n) is 6.45. The van der Waals surface area contributed by atoms with E-state index in [9.17, 15) is 14.4 Å². The molecule has 2 N–H and O–H groups in total. The van der Waals surface area contributed by atoms with Crippen molar-refractivity contribution in [3.63, 3.8) is 0 Å². The highest BCUT2D eigenvalue weighted by atomic mass is 16.5. The first-order chi connectivity index (χ1) is 9.04. The topological polar surface area (TPSA) is 95.9 Å². The summed E-state index contributed by atoms with van der Waals surface area (Å²) in [6, 6.07) is -0.324. The van der Waals surface area contributed by atoms with E-state index in [0.717, 1.165) is 12.8 Å². The van der Waals surface area contributed by atoms with E-state index in [1.165, 1.54) is 4.90 Å². The van der Waals surface area contributed by atoms with Crippen LogP contribution in [0.4, 0.5) is 4.79 Å². The Hall–Kier alpha value is -1.79. The molecule has 1 unspecified atom stereocenters. The summed E-state index contributed by atoms with van der Waals surface area (Å²) < 4.78 is 4.95. The lowest BCUT2D eigenvalue weighted by atomic mass is 9.98. The molecule has 1 aliphatic rings. The van der Waals surface area contributed by atoms with Crippen molar-refractivity contribution in [2.75, 3.05) is 26.2 Å². The number of nitrogens with zero attached hydrogens (tertiary/aromatic N) is 1. The van der Waals surface area contributed by atoms with Crippen LogP contribution in [0.1, 0.15) is 26.2 Å². The second-order valence-corrected chi connectivity index (χ2v) is 4.41. The molecule has 7 heteroatoms. The summed E-state index contributed by atoms with van der Waals surface area (Å²) in [5.74, 6) is -1.51. The molecule has 1 aliphatic heterocycles. The van der Waals surface area contributed by atoms with Crippen molar-refractivity contribution in [3.8, 4) is 0 Å². The third kappa shape index (κ3) is 5.15. The molecule has 0 aromatic carbocycles. The van der Waals surface area contributed by atoms with Crippen molar-refractivity contribution in [2.45, 2.75) is 26.2 Å². The van der Waals surface area contributed by atoms with Gasteiger partial charge in [0.25, 0.3) is 0 Å². The summed E-state index contributed by atoms with van der Waals surface area (Å²) in [6.45, 7) is 3.08. The highest BCUT2D eigenvalue weighted by Crippen LogP contribution is 2.17. The lowest BCUT2D eigenvalue weighted by Crippen LogP contribution is -2.47. The minimum Gasteiger partial charge on any atom is -0.481 e. The maximum atomic E-state index is 11.8. The molecule has 1 heterocycles. The monoisotopic (exact) mass is 272 g/mol. The minimum absolute atomic E-state index is 0.0920. The van der Waals surface area contributed by atoms with E-state index in [-0.39, 0.29) is 30.9 Å². The number of piperidine rings is 1. The molecule has 0 aliphatic carbocycles. The number of aliphatic carboxylic acids is 1. The fourth-order valence-corrected chi connectivity index (χ4v) is 2.00. The number of hydrogen-bond donors (Lipinski definition) is 2. The summed E-state index contributed by atoms with van der Waals surface area (Å²) in [7, 11) is 0. The molecule has 0 aromatic rings. The maximum Gasteiger partial charge on any atom is 0.317 e. The first-order valence-corrected chi connectivity index (χ1v) is 6.45. The van der Waals surface area contributed by atoms with E-state index in [0.29, 0.717) is 19.7 Å². The summed E-state index contributed by atoms with van der Waals surface area (Å²) in [4.78, 5) is 35.3. The van der Waals surface area contributed by atoms with Gasteiger partial charge >= 0.3 is 18.0 Å². The number of nitrogens with one attached hydrogen (secondary N) is 1. The van der Waals surface area contributed by atoms with Crippen LogP contribution >= 0.6 is 0 Å². The van der Waals surface area contributed by atoms with Gasteiger partial charge in [-0.05, 0) is 19.8 Å². The Balaban J connectivity index is 2.38. The Kier molecular flexibility index (Phi) is 6.11. The van der Waals surface area contributed by atoms with Crippen molar-refractivity contribution in [1.29, 1.82) is 0 Å². The zero-order valence-electron chi connectivity index (χ0n) is 11.1. The van der Waals surface area contributed by atoms with Crippen LogP contribution in [0, 0.1) is 5.92 Å².